The lowest BCUT2D eigenvalue weighted by Crippen LogP contribution is -2.26. The van der Waals surface area contributed by atoms with E-state index in [1.807, 2.05) is 19.1 Å². The number of hydrogen-bond acceptors (Lipinski definition) is 4. The maximum atomic E-state index is 12.4. The molecule has 1 aromatic rings. The van der Waals surface area contributed by atoms with E-state index in [-0.39, 0.29) is 5.97 Å². The van der Waals surface area contributed by atoms with Gasteiger partial charge in [-0.3, -0.25) is 0 Å². The zero-order chi connectivity index (χ0) is 30.1. The second-order valence-corrected chi connectivity index (χ2v) is 12.6. The van der Waals surface area contributed by atoms with Crippen LogP contribution in [0, 0.1) is 6.67 Å². The van der Waals surface area contributed by atoms with E-state index >= 15 is 0 Å². The van der Waals surface area contributed by atoms with Crippen LogP contribution in [0.1, 0.15) is 185 Å². The van der Waals surface area contributed by atoms with Gasteiger partial charge in [-0.1, -0.05) is 155 Å². The van der Waals surface area contributed by atoms with Crippen LogP contribution >= 0.6 is 0 Å². The van der Waals surface area contributed by atoms with Crippen LogP contribution in [-0.2, 0) is 4.74 Å². The van der Waals surface area contributed by atoms with Gasteiger partial charge in [-0.2, -0.15) is 0 Å². The van der Waals surface area contributed by atoms with Gasteiger partial charge in [0.1, 0.15) is 0 Å². The van der Waals surface area contributed by atoms with Gasteiger partial charge in [-0.05, 0) is 38.0 Å². The molecule has 0 atom stereocenters. The summed E-state index contributed by atoms with van der Waals surface area (Å²) in [7, 11) is 0. The third-order valence-electron chi connectivity index (χ3n) is 8.78. The summed E-state index contributed by atoms with van der Waals surface area (Å²) in [5.74, 6) is -0.231. The molecule has 1 heterocycles. The highest BCUT2D eigenvalue weighted by Crippen LogP contribution is 2.39. The average molecular weight is 583 g/mol. The summed E-state index contributed by atoms with van der Waals surface area (Å²) in [6, 6.07) is 6.03. The Bertz CT molecular complexity index is 795. The Morgan fingerprint density at radius 1 is 0.548 bits per heavy atom. The monoisotopic (exact) mass is 583 g/mol. The van der Waals surface area contributed by atoms with Crippen molar-refractivity contribution in [1.29, 1.82) is 0 Å². The second-order valence-electron chi connectivity index (χ2n) is 12.6. The highest BCUT2D eigenvalue weighted by molar-refractivity contribution is 5.93. The summed E-state index contributed by atoms with van der Waals surface area (Å²) in [5, 5.41) is 0. The Balaban J connectivity index is 1.68. The Kier molecular flexibility index (Phi) is 21.5. The molecule has 1 aliphatic heterocycles. The number of benzene rings is 1. The summed E-state index contributed by atoms with van der Waals surface area (Å²) in [6.07, 6.45) is 32.7. The number of fused-ring (bicyclic) bond motifs is 1. The zero-order valence-corrected chi connectivity index (χ0v) is 28.0. The number of anilines is 2. The Hall–Kier alpha value is -1.71. The molecular weight excluding hydrogens is 516 g/mol. The molecule has 0 amide bonds. The molecule has 2 radical (unpaired) electrons. The number of unbranched alkanes of at least 4 members (excludes halogenated alkanes) is 22. The number of nitrogens with zero attached hydrogens (tertiary/aromatic N) is 2. The van der Waals surface area contributed by atoms with Gasteiger partial charge < -0.3 is 14.5 Å². The molecular formula is C38H66N2O2. The van der Waals surface area contributed by atoms with Crippen molar-refractivity contribution in [3.63, 3.8) is 0 Å². The van der Waals surface area contributed by atoms with Crippen molar-refractivity contribution in [3.05, 3.63) is 30.4 Å². The lowest BCUT2D eigenvalue weighted by atomic mass is 10.1. The van der Waals surface area contributed by atoms with E-state index in [0.717, 1.165) is 18.8 Å². The fourth-order valence-electron chi connectivity index (χ4n) is 6.13. The van der Waals surface area contributed by atoms with Crippen LogP contribution < -0.4 is 9.80 Å². The Labute approximate surface area is 261 Å². The Morgan fingerprint density at radius 2 is 0.929 bits per heavy atom. The molecule has 4 nitrogen and oxygen atoms in total. The van der Waals surface area contributed by atoms with E-state index in [0.29, 0.717) is 12.2 Å². The molecule has 0 saturated heterocycles. The van der Waals surface area contributed by atoms with Crippen LogP contribution in [0.15, 0.2) is 18.2 Å². The second kappa shape index (κ2) is 24.7. The van der Waals surface area contributed by atoms with Crippen molar-refractivity contribution in [1.82, 2.24) is 0 Å². The van der Waals surface area contributed by atoms with Crippen LogP contribution in [0.25, 0.3) is 0 Å². The molecule has 4 heteroatoms. The fourth-order valence-corrected chi connectivity index (χ4v) is 6.13. The molecule has 0 bridgehead atoms. The average Bonchev–Trinajstić information content (AvgIpc) is 3.35. The van der Waals surface area contributed by atoms with Crippen LogP contribution in [0.2, 0.25) is 0 Å². The van der Waals surface area contributed by atoms with Crippen LogP contribution in [-0.4, -0.2) is 25.7 Å². The largest absolute Gasteiger partial charge is 0.462 e. The molecule has 0 saturated carbocycles. The summed E-state index contributed by atoms with van der Waals surface area (Å²) >= 11 is 0. The predicted octanol–water partition coefficient (Wildman–Crippen LogP) is 11.9. The van der Waals surface area contributed by atoms with Crippen LogP contribution in [0.4, 0.5) is 11.4 Å². The first-order valence-corrected chi connectivity index (χ1v) is 18.3. The molecule has 0 spiro atoms. The van der Waals surface area contributed by atoms with E-state index in [9.17, 15) is 4.79 Å². The standard InChI is InChI=1S/C38H66N2O2/c1-4-7-9-11-13-15-17-19-21-23-25-27-31-39-34-40(37-33-35(29-30-36(37)39)38(41)42-6-3)32-28-26-24-22-20-18-16-14-12-10-8-5-2/h29-30,33H,4-28,31-32H2,1-3H3. The van der Waals surface area contributed by atoms with Crippen molar-refractivity contribution in [2.75, 3.05) is 29.5 Å². The van der Waals surface area contributed by atoms with Crippen molar-refractivity contribution in [2.24, 2.45) is 0 Å². The van der Waals surface area contributed by atoms with Crippen molar-refractivity contribution < 1.29 is 9.53 Å². The molecule has 1 aliphatic rings. The number of ether oxygens (including phenoxy) is 1. The minimum absolute atomic E-state index is 0.231. The molecule has 0 aliphatic carbocycles. The third kappa shape index (κ3) is 15.7. The van der Waals surface area contributed by atoms with Crippen LogP contribution in [0.5, 0.6) is 0 Å². The van der Waals surface area contributed by atoms with Gasteiger partial charge in [0.25, 0.3) is 0 Å². The molecule has 2 rings (SSSR count). The highest BCUT2D eigenvalue weighted by Gasteiger charge is 2.28. The van der Waals surface area contributed by atoms with Crippen molar-refractivity contribution in [2.45, 2.75) is 175 Å². The van der Waals surface area contributed by atoms with E-state index in [4.69, 9.17) is 4.74 Å². The first-order valence-electron chi connectivity index (χ1n) is 18.3. The minimum atomic E-state index is -0.231. The van der Waals surface area contributed by atoms with E-state index in [1.165, 1.54) is 160 Å². The van der Waals surface area contributed by atoms with Gasteiger partial charge in [-0.15, -0.1) is 0 Å². The molecule has 1 aromatic carbocycles. The lowest BCUT2D eigenvalue weighted by molar-refractivity contribution is 0.0526. The van der Waals surface area contributed by atoms with Gasteiger partial charge >= 0.3 is 5.97 Å². The number of hydrogen-bond donors (Lipinski definition) is 0. The molecule has 240 valence electrons. The highest BCUT2D eigenvalue weighted by atomic mass is 16.5. The zero-order valence-electron chi connectivity index (χ0n) is 28.0. The molecule has 0 aromatic heterocycles. The number of carbonyl (C=O) groups excluding carboxylic acids is 1. The van der Waals surface area contributed by atoms with E-state index in [1.54, 1.807) is 0 Å². The molecule has 0 unspecified atom stereocenters. The van der Waals surface area contributed by atoms with Crippen molar-refractivity contribution in [3.8, 4) is 0 Å². The molecule has 42 heavy (non-hydrogen) atoms. The summed E-state index contributed by atoms with van der Waals surface area (Å²) in [4.78, 5) is 17.0. The SMILES string of the molecule is CCCCCCCCCCCCCCN1[C]N(CCCCCCCCCCCCCC)c2cc(C(=O)OCC)ccc21. The van der Waals surface area contributed by atoms with Crippen molar-refractivity contribution >= 4 is 17.3 Å². The van der Waals surface area contributed by atoms with Gasteiger partial charge in [0.05, 0.1) is 23.5 Å². The first kappa shape index (κ1) is 36.5. The van der Waals surface area contributed by atoms with Gasteiger partial charge in [0.15, 0.2) is 0 Å². The minimum Gasteiger partial charge on any atom is -0.462 e. The predicted molar refractivity (Wildman–Crippen MR) is 182 cm³/mol. The summed E-state index contributed by atoms with van der Waals surface area (Å²) in [6.45, 7) is 12.5. The Morgan fingerprint density at radius 3 is 1.33 bits per heavy atom. The van der Waals surface area contributed by atoms with Crippen LogP contribution in [0.3, 0.4) is 0 Å². The maximum Gasteiger partial charge on any atom is 0.338 e. The normalized spacial score (nSPS) is 12.7. The third-order valence-corrected chi connectivity index (χ3v) is 8.78. The lowest BCUT2D eigenvalue weighted by Gasteiger charge is -2.19. The number of rotatable bonds is 28. The number of carbonyl (C=O) groups is 1. The van der Waals surface area contributed by atoms with Gasteiger partial charge in [-0.25, -0.2) is 4.79 Å². The van der Waals surface area contributed by atoms with Gasteiger partial charge in [0, 0.05) is 13.1 Å². The molecule has 0 fully saturated rings. The first-order chi connectivity index (χ1) is 20.7. The summed E-state index contributed by atoms with van der Waals surface area (Å²) in [5.41, 5.74) is 2.94. The van der Waals surface area contributed by atoms with E-state index in [2.05, 4.69) is 36.4 Å². The topological polar surface area (TPSA) is 32.8 Å². The van der Waals surface area contributed by atoms with Gasteiger partial charge in [0.2, 0.25) is 6.67 Å². The fraction of sp³-hybridized carbons (Fsp3) is 0.789. The maximum absolute atomic E-state index is 12.4. The smallest absolute Gasteiger partial charge is 0.338 e. The summed E-state index contributed by atoms with van der Waals surface area (Å²) < 4.78 is 5.28. The van der Waals surface area contributed by atoms with E-state index < -0.39 is 0 Å². The number of esters is 1. The molecule has 0 N–H and O–H groups in total. The quantitative estimate of drug-likeness (QED) is 0.0726.